The van der Waals surface area contributed by atoms with Crippen LogP contribution < -0.4 is 5.73 Å². The lowest BCUT2D eigenvalue weighted by Gasteiger charge is -2.47. The third-order valence-corrected chi connectivity index (χ3v) is 4.87. The number of hydrogen-bond acceptors (Lipinski definition) is 4. The molecule has 1 aliphatic carbocycles. The van der Waals surface area contributed by atoms with Gasteiger partial charge in [-0.15, -0.1) is 0 Å². The maximum atomic E-state index is 12.8. The molecule has 0 radical (unpaired) electrons. The molecule has 1 heterocycles. The first kappa shape index (κ1) is 15.1. The smallest absolute Gasteiger partial charge is 0.236 e. The van der Waals surface area contributed by atoms with Crippen LogP contribution in [0, 0.1) is 11.3 Å². The fourth-order valence-corrected chi connectivity index (χ4v) is 3.68. The van der Waals surface area contributed by atoms with Crippen LogP contribution in [0.2, 0.25) is 0 Å². The van der Waals surface area contributed by atoms with E-state index in [-0.39, 0.29) is 17.8 Å². The number of oxime groups is 1. The van der Waals surface area contributed by atoms with E-state index in [4.69, 9.17) is 10.9 Å². The number of carbonyl (C=O) groups excluding carboxylic acids is 1. The van der Waals surface area contributed by atoms with Crippen molar-refractivity contribution < 1.29 is 10.0 Å². The fourth-order valence-electron chi connectivity index (χ4n) is 3.68. The van der Waals surface area contributed by atoms with Crippen LogP contribution in [0.1, 0.15) is 32.6 Å². The van der Waals surface area contributed by atoms with Crippen molar-refractivity contribution in [2.24, 2.45) is 22.2 Å². The van der Waals surface area contributed by atoms with Gasteiger partial charge in [0.2, 0.25) is 5.91 Å². The SMILES string of the molecule is CC1CC(C(=O)N(C)C2CCCN(C)C2)(C(N)=NO)C1. The minimum absolute atomic E-state index is 0.00574. The van der Waals surface area contributed by atoms with Gasteiger partial charge in [-0.2, -0.15) is 0 Å². The van der Waals surface area contributed by atoms with E-state index >= 15 is 0 Å². The number of hydrogen-bond donors (Lipinski definition) is 2. The number of likely N-dealkylation sites (tertiary alicyclic amines) is 1. The Bertz CT molecular complexity index is 404. The lowest BCUT2D eigenvalue weighted by Crippen LogP contribution is -2.60. The molecule has 3 N–H and O–H groups in total. The highest BCUT2D eigenvalue weighted by atomic mass is 16.4. The van der Waals surface area contributed by atoms with E-state index in [0.29, 0.717) is 18.8 Å². The molecule has 1 atom stereocenters. The second kappa shape index (κ2) is 5.60. The Morgan fingerprint density at radius 1 is 1.50 bits per heavy atom. The number of carbonyl (C=O) groups is 1. The molecular formula is C14H26N4O2. The second-order valence-electron chi connectivity index (χ2n) is 6.56. The summed E-state index contributed by atoms with van der Waals surface area (Å²) in [4.78, 5) is 16.9. The normalized spacial score (nSPS) is 35.5. The Kier molecular flexibility index (Phi) is 4.22. The summed E-state index contributed by atoms with van der Waals surface area (Å²) in [6.45, 7) is 4.07. The molecule has 0 aromatic heterocycles. The maximum absolute atomic E-state index is 12.8. The average Bonchev–Trinajstić information content (AvgIpc) is 2.41. The van der Waals surface area contributed by atoms with Crippen LogP contribution in [0.4, 0.5) is 0 Å². The van der Waals surface area contributed by atoms with E-state index in [0.717, 1.165) is 25.9 Å². The van der Waals surface area contributed by atoms with Gasteiger partial charge in [-0.05, 0) is 45.2 Å². The highest BCUT2D eigenvalue weighted by Gasteiger charge is 2.54. The standard InChI is InChI=1S/C14H26N4O2/c1-10-7-14(8-10,12(15)16-20)13(19)18(3)11-5-4-6-17(2)9-11/h10-11,20H,4-9H2,1-3H3,(H2,15,16). The summed E-state index contributed by atoms with van der Waals surface area (Å²) in [5, 5.41) is 12.1. The number of nitrogens with two attached hydrogens (primary N) is 1. The molecule has 2 fully saturated rings. The molecule has 6 heteroatoms. The predicted molar refractivity (Wildman–Crippen MR) is 77.5 cm³/mol. The van der Waals surface area contributed by atoms with E-state index in [2.05, 4.69) is 24.0 Å². The summed E-state index contributed by atoms with van der Waals surface area (Å²) in [7, 11) is 3.93. The fraction of sp³-hybridized carbons (Fsp3) is 0.857. The van der Waals surface area contributed by atoms with E-state index in [9.17, 15) is 4.79 Å². The zero-order valence-corrected chi connectivity index (χ0v) is 12.7. The first-order valence-corrected chi connectivity index (χ1v) is 7.34. The van der Waals surface area contributed by atoms with Gasteiger partial charge < -0.3 is 20.7 Å². The molecule has 114 valence electrons. The molecule has 1 amide bonds. The Hall–Kier alpha value is -1.30. The molecule has 0 aromatic carbocycles. The summed E-state index contributed by atoms with van der Waals surface area (Å²) in [6.07, 6.45) is 3.48. The van der Waals surface area contributed by atoms with Gasteiger partial charge in [0.15, 0.2) is 5.84 Å². The Morgan fingerprint density at radius 3 is 2.65 bits per heavy atom. The van der Waals surface area contributed by atoms with E-state index in [1.165, 1.54) is 0 Å². The van der Waals surface area contributed by atoms with Crippen LogP contribution in [0.3, 0.4) is 0 Å². The summed E-state index contributed by atoms with van der Waals surface area (Å²) >= 11 is 0. The Morgan fingerprint density at radius 2 is 2.15 bits per heavy atom. The third-order valence-electron chi connectivity index (χ3n) is 4.87. The van der Waals surface area contributed by atoms with Crippen LogP contribution in [-0.4, -0.2) is 60.0 Å². The van der Waals surface area contributed by atoms with Crippen LogP contribution in [0.5, 0.6) is 0 Å². The van der Waals surface area contributed by atoms with Crippen LogP contribution in [0.15, 0.2) is 5.16 Å². The minimum atomic E-state index is -0.779. The van der Waals surface area contributed by atoms with Crippen molar-refractivity contribution in [1.29, 1.82) is 0 Å². The molecule has 1 unspecified atom stereocenters. The number of likely N-dealkylation sites (N-methyl/N-ethyl adjacent to an activating group) is 2. The topological polar surface area (TPSA) is 82.2 Å². The van der Waals surface area contributed by atoms with E-state index in [1.54, 1.807) is 0 Å². The summed E-state index contributed by atoms with van der Waals surface area (Å²) in [5.74, 6) is 0.518. The lowest BCUT2D eigenvalue weighted by atomic mass is 9.61. The number of amides is 1. The predicted octanol–water partition coefficient (Wildman–Crippen LogP) is 0.702. The minimum Gasteiger partial charge on any atom is -0.409 e. The van der Waals surface area contributed by atoms with Gasteiger partial charge in [0, 0.05) is 19.6 Å². The molecule has 20 heavy (non-hydrogen) atoms. The monoisotopic (exact) mass is 282 g/mol. The van der Waals surface area contributed by atoms with Gasteiger partial charge >= 0.3 is 0 Å². The molecule has 2 aliphatic rings. The maximum Gasteiger partial charge on any atom is 0.236 e. The second-order valence-corrected chi connectivity index (χ2v) is 6.56. The number of piperidine rings is 1. The van der Waals surface area contributed by atoms with Crippen LogP contribution in [0.25, 0.3) is 0 Å². The molecule has 1 saturated heterocycles. The zero-order chi connectivity index (χ0) is 14.9. The molecule has 0 bridgehead atoms. The van der Waals surface area contributed by atoms with Crippen molar-refractivity contribution in [2.75, 3.05) is 27.2 Å². The molecule has 0 aromatic rings. The van der Waals surface area contributed by atoms with Gasteiger partial charge in [-0.3, -0.25) is 4.79 Å². The van der Waals surface area contributed by atoms with Gasteiger partial charge in [0.25, 0.3) is 0 Å². The van der Waals surface area contributed by atoms with Crippen LogP contribution in [-0.2, 0) is 4.79 Å². The number of amidine groups is 1. The molecule has 1 saturated carbocycles. The van der Waals surface area contributed by atoms with E-state index < -0.39 is 5.41 Å². The van der Waals surface area contributed by atoms with Gasteiger partial charge in [-0.1, -0.05) is 12.1 Å². The third kappa shape index (κ3) is 2.49. The molecule has 1 aliphatic heterocycles. The first-order valence-electron chi connectivity index (χ1n) is 7.34. The van der Waals surface area contributed by atoms with Gasteiger partial charge in [0.1, 0.15) is 5.41 Å². The van der Waals surface area contributed by atoms with Crippen molar-refractivity contribution in [3.63, 3.8) is 0 Å². The number of nitrogens with zero attached hydrogens (tertiary/aromatic N) is 3. The highest BCUT2D eigenvalue weighted by Crippen LogP contribution is 2.47. The summed E-state index contributed by atoms with van der Waals surface area (Å²) in [6, 6.07) is 0.223. The molecule has 0 spiro atoms. The van der Waals surface area contributed by atoms with E-state index in [1.807, 2.05) is 11.9 Å². The Labute approximate surface area is 120 Å². The van der Waals surface area contributed by atoms with Crippen molar-refractivity contribution in [2.45, 2.75) is 38.6 Å². The quantitative estimate of drug-likeness (QED) is 0.345. The van der Waals surface area contributed by atoms with Crippen molar-refractivity contribution in [3.05, 3.63) is 0 Å². The van der Waals surface area contributed by atoms with Gasteiger partial charge in [0.05, 0.1) is 0 Å². The largest absolute Gasteiger partial charge is 0.409 e. The first-order chi connectivity index (χ1) is 9.40. The molecular weight excluding hydrogens is 256 g/mol. The Balaban J connectivity index is 2.12. The van der Waals surface area contributed by atoms with Crippen molar-refractivity contribution in [1.82, 2.24) is 9.80 Å². The van der Waals surface area contributed by atoms with Crippen LogP contribution >= 0.6 is 0 Å². The molecule has 6 nitrogen and oxygen atoms in total. The average molecular weight is 282 g/mol. The summed E-state index contributed by atoms with van der Waals surface area (Å²) < 4.78 is 0. The highest BCUT2D eigenvalue weighted by molar-refractivity contribution is 6.07. The van der Waals surface area contributed by atoms with Crippen molar-refractivity contribution >= 4 is 11.7 Å². The summed E-state index contributed by atoms with van der Waals surface area (Å²) in [5.41, 5.74) is 5.03. The van der Waals surface area contributed by atoms with Gasteiger partial charge in [-0.25, -0.2) is 0 Å². The van der Waals surface area contributed by atoms with Crippen molar-refractivity contribution in [3.8, 4) is 0 Å². The molecule has 2 rings (SSSR count). The number of rotatable bonds is 3. The lowest BCUT2D eigenvalue weighted by molar-refractivity contribution is -0.146. The zero-order valence-electron chi connectivity index (χ0n) is 12.7.